The standard InChI is InChI=1S/C10H9BrF2N4/c1-10(12,13)5-17-8-2-6(3-14)16-4-7(8)9(11)15/h2,4,15H,5H2,1H3,(H,16,17). The average Bonchev–Trinajstić information content (AvgIpc) is 2.24. The number of rotatable bonds is 4. The molecule has 1 rings (SSSR count). The predicted octanol–water partition coefficient (Wildman–Crippen LogP) is 2.74. The second-order valence-electron chi connectivity index (χ2n) is 3.46. The Morgan fingerprint density at radius 2 is 2.35 bits per heavy atom. The van der Waals surface area contributed by atoms with E-state index in [4.69, 9.17) is 10.7 Å². The first-order chi connectivity index (χ1) is 7.83. The van der Waals surface area contributed by atoms with E-state index in [1.807, 2.05) is 0 Å². The molecule has 0 unspecified atom stereocenters. The summed E-state index contributed by atoms with van der Waals surface area (Å²) in [5.41, 5.74) is 0.706. The molecule has 0 bridgehead atoms. The van der Waals surface area contributed by atoms with E-state index in [9.17, 15) is 8.78 Å². The van der Waals surface area contributed by atoms with Gasteiger partial charge in [-0.1, -0.05) is 0 Å². The Balaban J connectivity index is 3.02. The van der Waals surface area contributed by atoms with Crippen molar-refractivity contribution in [2.75, 3.05) is 11.9 Å². The van der Waals surface area contributed by atoms with E-state index in [2.05, 4.69) is 26.2 Å². The van der Waals surface area contributed by atoms with E-state index >= 15 is 0 Å². The van der Waals surface area contributed by atoms with Crippen LogP contribution in [-0.4, -0.2) is 22.1 Å². The van der Waals surface area contributed by atoms with Crippen LogP contribution in [0.3, 0.4) is 0 Å². The first-order valence-electron chi connectivity index (χ1n) is 4.60. The van der Waals surface area contributed by atoms with E-state index in [1.54, 1.807) is 6.07 Å². The molecular weight excluding hydrogens is 294 g/mol. The van der Waals surface area contributed by atoms with Crippen LogP contribution in [0.5, 0.6) is 0 Å². The molecule has 1 heterocycles. The summed E-state index contributed by atoms with van der Waals surface area (Å²) < 4.78 is 25.4. The minimum atomic E-state index is -2.87. The molecule has 0 aliphatic rings. The van der Waals surface area contributed by atoms with Gasteiger partial charge in [0.15, 0.2) is 0 Å². The maximum atomic E-state index is 12.7. The number of anilines is 1. The molecule has 0 radical (unpaired) electrons. The van der Waals surface area contributed by atoms with Gasteiger partial charge >= 0.3 is 0 Å². The molecule has 0 aliphatic carbocycles. The van der Waals surface area contributed by atoms with Crippen LogP contribution in [0.2, 0.25) is 0 Å². The molecule has 90 valence electrons. The lowest BCUT2D eigenvalue weighted by molar-refractivity contribution is 0.0368. The highest BCUT2D eigenvalue weighted by molar-refractivity contribution is 9.18. The van der Waals surface area contributed by atoms with Crippen LogP contribution in [-0.2, 0) is 0 Å². The Morgan fingerprint density at radius 3 is 2.82 bits per heavy atom. The van der Waals surface area contributed by atoms with Crippen LogP contribution in [0.4, 0.5) is 14.5 Å². The third-order valence-corrected chi connectivity index (χ3v) is 2.27. The molecule has 17 heavy (non-hydrogen) atoms. The topological polar surface area (TPSA) is 72.6 Å². The van der Waals surface area contributed by atoms with Crippen molar-refractivity contribution in [3.05, 3.63) is 23.5 Å². The molecule has 7 heteroatoms. The highest BCUT2D eigenvalue weighted by Crippen LogP contribution is 2.20. The number of pyridine rings is 1. The Morgan fingerprint density at radius 1 is 1.71 bits per heavy atom. The monoisotopic (exact) mass is 302 g/mol. The number of nitrogens with zero attached hydrogens (tertiary/aromatic N) is 2. The lowest BCUT2D eigenvalue weighted by atomic mass is 10.2. The molecule has 0 amide bonds. The van der Waals surface area contributed by atoms with Crippen LogP contribution in [0.1, 0.15) is 18.2 Å². The van der Waals surface area contributed by atoms with Gasteiger partial charge < -0.3 is 5.32 Å². The number of nitriles is 1. The van der Waals surface area contributed by atoms with Crippen LogP contribution in [0.25, 0.3) is 0 Å². The van der Waals surface area contributed by atoms with Crippen molar-refractivity contribution in [3.8, 4) is 6.07 Å². The fraction of sp³-hybridized carbons (Fsp3) is 0.300. The second-order valence-corrected chi connectivity index (χ2v) is 4.26. The maximum absolute atomic E-state index is 12.7. The number of alkyl halides is 2. The summed E-state index contributed by atoms with van der Waals surface area (Å²) in [6, 6.07) is 3.14. The summed E-state index contributed by atoms with van der Waals surface area (Å²) in [4.78, 5) is 3.76. The molecule has 0 fully saturated rings. The molecule has 0 aliphatic heterocycles. The molecule has 4 nitrogen and oxygen atoms in total. The zero-order valence-corrected chi connectivity index (χ0v) is 10.5. The lowest BCUT2D eigenvalue weighted by Gasteiger charge is -2.14. The lowest BCUT2D eigenvalue weighted by Crippen LogP contribution is -2.23. The van der Waals surface area contributed by atoms with Gasteiger partial charge in [0, 0.05) is 24.4 Å². The molecule has 0 saturated heterocycles. The summed E-state index contributed by atoms with van der Waals surface area (Å²) >= 11 is 2.93. The average molecular weight is 303 g/mol. The van der Waals surface area contributed by atoms with Gasteiger partial charge in [0.2, 0.25) is 0 Å². The molecule has 1 aromatic rings. The Labute approximate surface area is 105 Å². The summed E-state index contributed by atoms with van der Waals surface area (Å²) in [7, 11) is 0. The van der Waals surface area contributed by atoms with E-state index in [-0.39, 0.29) is 16.0 Å². The van der Waals surface area contributed by atoms with Crippen molar-refractivity contribution in [3.63, 3.8) is 0 Å². The van der Waals surface area contributed by atoms with Gasteiger partial charge in [0.1, 0.15) is 16.4 Å². The van der Waals surface area contributed by atoms with Gasteiger partial charge in [-0.2, -0.15) is 5.26 Å². The highest BCUT2D eigenvalue weighted by atomic mass is 79.9. The summed E-state index contributed by atoms with van der Waals surface area (Å²) in [5.74, 6) is -2.87. The van der Waals surface area contributed by atoms with Gasteiger partial charge in [-0.15, -0.1) is 0 Å². The van der Waals surface area contributed by atoms with Crippen molar-refractivity contribution >= 4 is 26.2 Å². The fourth-order valence-electron chi connectivity index (χ4n) is 1.09. The van der Waals surface area contributed by atoms with E-state index in [0.29, 0.717) is 5.56 Å². The van der Waals surface area contributed by atoms with Crippen molar-refractivity contribution < 1.29 is 8.78 Å². The van der Waals surface area contributed by atoms with Crippen molar-refractivity contribution in [2.45, 2.75) is 12.8 Å². The molecule has 1 aromatic heterocycles. The quantitative estimate of drug-likeness (QED) is 0.840. The van der Waals surface area contributed by atoms with Gasteiger partial charge in [-0.05, 0) is 22.0 Å². The number of hydrogen-bond donors (Lipinski definition) is 2. The minimum Gasteiger partial charge on any atom is -0.378 e. The van der Waals surface area contributed by atoms with Crippen molar-refractivity contribution in [1.82, 2.24) is 4.98 Å². The third-order valence-electron chi connectivity index (χ3n) is 1.84. The maximum Gasteiger partial charge on any atom is 0.262 e. The van der Waals surface area contributed by atoms with Crippen LogP contribution >= 0.6 is 15.9 Å². The van der Waals surface area contributed by atoms with Crippen molar-refractivity contribution in [2.24, 2.45) is 0 Å². The summed E-state index contributed by atoms with van der Waals surface area (Å²) in [6.07, 6.45) is 1.28. The largest absolute Gasteiger partial charge is 0.378 e. The van der Waals surface area contributed by atoms with Gasteiger partial charge in [0.25, 0.3) is 5.92 Å². The minimum absolute atomic E-state index is 0.0106. The van der Waals surface area contributed by atoms with Gasteiger partial charge in [-0.25, -0.2) is 13.8 Å². The van der Waals surface area contributed by atoms with E-state index < -0.39 is 12.5 Å². The van der Waals surface area contributed by atoms with Crippen LogP contribution in [0.15, 0.2) is 12.3 Å². The predicted molar refractivity (Wildman–Crippen MR) is 63.8 cm³/mol. The van der Waals surface area contributed by atoms with E-state index in [1.165, 1.54) is 12.3 Å². The molecule has 0 saturated carbocycles. The first-order valence-corrected chi connectivity index (χ1v) is 5.39. The molecule has 0 aromatic carbocycles. The van der Waals surface area contributed by atoms with Gasteiger partial charge in [0.05, 0.1) is 6.54 Å². The molecular formula is C10H9BrF2N4. The molecule has 0 spiro atoms. The summed E-state index contributed by atoms with van der Waals surface area (Å²) in [6.45, 7) is 0.209. The Hall–Kier alpha value is -1.55. The smallest absolute Gasteiger partial charge is 0.262 e. The number of aromatic nitrogens is 1. The number of halogens is 3. The zero-order valence-electron chi connectivity index (χ0n) is 8.89. The summed E-state index contributed by atoms with van der Waals surface area (Å²) in [5, 5.41) is 18.6. The molecule has 2 N–H and O–H groups in total. The number of nitrogens with one attached hydrogen (secondary N) is 2. The van der Waals surface area contributed by atoms with Gasteiger partial charge in [-0.3, -0.25) is 5.41 Å². The number of hydrogen-bond acceptors (Lipinski definition) is 4. The normalized spacial score (nSPS) is 10.8. The second kappa shape index (κ2) is 5.19. The van der Waals surface area contributed by atoms with Crippen LogP contribution in [0, 0.1) is 16.7 Å². The highest BCUT2D eigenvalue weighted by Gasteiger charge is 2.21. The molecule has 0 atom stereocenters. The Kier molecular flexibility index (Phi) is 4.12. The first kappa shape index (κ1) is 13.5. The fourth-order valence-corrected chi connectivity index (χ4v) is 1.40. The Bertz CT molecular complexity index is 476. The van der Waals surface area contributed by atoms with Crippen molar-refractivity contribution in [1.29, 1.82) is 10.7 Å². The zero-order chi connectivity index (χ0) is 13.1. The SMILES string of the molecule is CC(F)(F)CNc1cc(C#N)ncc1C(=N)Br. The third kappa shape index (κ3) is 4.07. The van der Waals surface area contributed by atoms with E-state index in [0.717, 1.165) is 6.92 Å². The van der Waals surface area contributed by atoms with Crippen LogP contribution < -0.4 is 5.32 Å².